The van der Waals surface area contributed by atoms with Gasteiger partial charge in [-0.15, -0.1) is 0 Å². The van der Waals surface area contributed by atoms with E-state index in [1.807, 2.05) is 112 Å². The van der Waals surface area contributed by atoms with Crippen molar-refractivity contribution in [3.8, 4) is 22.5 Å². The first-order valence-electron chi connectivity index (χ1n) is 11.1. The smallest absolute Gasteiger partial charge is 0.350 e. The van der Waals surface area contributed by atoms with Gasteiger partial charge in [-0.2, -0.15) is 0 Å². The lowest BCUT2D eigenvalue weighted by Crippen LogP contribution is -2.36. The summed E-state index contributed by atoms with van der Waals surface area (Å²) in [6.07, 6.45) is 0.938. The van der Waals surface area contributed by atoms with Gasteiger partial charge in [0.15, 0.2) is 0 Å². The summed E-state index contributed by atoms with van der Waals surface area (Å²) in [6.45, 7) is 5.98. The van der Waals surface area contributed by atoms with Gasteiger partial charge in [0, 0.05) is 22.1 Å². The predicted octanol–water partition coefficient (Wildman–Crippen LogP) is 6.80. The fourth-order valence-electron chi connectivity index (χ4n) is 4.26. The molecule has 0 spiro atoms. The quantitative estimate of drug-likeness (QED) is 0.329. The third-order valence-electron chi connectivity index (χ3n) is 5.94. The first-order chi connectivity index (χ1) is 15.9. The highest BCUT2D eigenvalue weighted by atomic mass is 16.8. The lowest BCUT2D eigenvalue weighted by Gasteiger charge is -2.29. The van der Waals surface area contributed by atoms with Crippen LogP contribution >= 0.6 is 0 Å². The van der Waals surface area contributed by atoms with E-state index in [9.17, 15) is 4.79 Å². The summed E-state index contributed by atoms with van der Waals surface area (Å²) in [5, 5.41) is 0. The molecule has 1 aromatic heterocycles. The molecule has 0 amide bonds. The number of hydrogen-bond acceptors (Lipinski definition) is 4. The minimum atomic E-state index is -1.44. The van der Waals surface area contributed by atoms with E-state index in [-0.39, 0.29) is 0 Å². The average Bonchev–Trinajstić information content (AvgIpc) is 3.43. The van der Waals surface area contributed by atoms with Crippen LogP contribution in [0.3, 0.4) is 0 Å². The fraction of sp³-hybridized carbons (Fsp3) is 0.207. The first-order valence-corrected chi connectivity index (χ1v) is 11.1. The highest BCUT2D eigenvalue weighted by Gasteiger charge is 2.57. The maximum Gasteiger partial charge on any atom is 0.350 e. The second-order valence-corrected chi connectivity index (χ2v) is 9.35. The summed E-state index contributed by atoms with van der Waals surface area (Å²) in [7, 11) is 0. The summed E-state index contributed by atoms with van der Waals surface area (Å²) in [5.41, 5.74) is 2.18. The molecule has 33 heavy (non-hydrogen) atoms. The zero-order chi connectivity index (χ0) is 23.1. The standard InChI is InChI=1S/C29H26O4/c1-28(2,3)27-32-26(30)29(33-27,22-17-11-6-12-18-22)23-19-31-25(21-15-9-5-10-16-21)24(23)20-13-7-4-8-14-20/h4-19,27H,1-3H3/t27-,29-/m1/s1. The lowest BCUT2D eigenvalue weighted by atomic mass is 9.82. The minimum absolute atomic E-state index is 0.398. The SMILES string of the molecule is CC(C)(C)[C@@H]1OC(=O)[C@@](c2ccccc2)(c2coc(-c3ccccc3)c2-c2ccccc2)O1. The summed E-state index contributed by atoms with van der Waals surface area (Å²) >= 11 is 0. The highest BCUT2D eigenvalue weighted by Crippen LogP contribution is 2.50. The summed E-state index contributed by atoms with van der Waals surface area (Å²) in [5.74, 6) is 0.244. The van der Waals surface area contributed by atoms with Crippen LogP contribution in [0.2, 0.25) is 0 Å². The molecule has 0 bridgehead atoms. The molecule has 2 heterocycles. The Balaban J connectivity index is 1.80. The van der Waals surface area contributed by atoms with E-state index in [4.69, 9.17) is 13.9 Å². The van der Waals surface area contributed by atoms with Gasteiger partial charge in [0.25, 0.3) is 0 Å². The number of hydrogen-bond donors (Lipinski definition) is 0. The Morgan fingerprint density at radius 1 is 0.758 bits per heavy atom. The van der Waals surface area contributed by atoms with Crippen LogP contribution in [0.25, 0.3) is 22.5 Å². The summed E-state index contributed by atoms with van der Waals surface area (Å²) in [6, 6.07) is 29.4. The third kappa shape index (κ3) is 3.57. The number of carbonyl (C=O) groups is 1. The molecule has 1 aliphatic rings. The molecule has 0 radical (unpaired) electrons. The van der Waals surface area contributed by atoms with Crippen molar-refractivity contribution in [2.24, 2.45) is 5.41 Å². The number of furan rings is 1. The second kappa shape index (κ2) is 8.05. The Labute approximate surface area is 193 Å². The molecule has 5 rings (SSSR count). The fourth-order valence-corrected chi connectivity index (χ4v) is 4.26. The molecule has 0 unspecified atom stereocenters. The molecule has 3 aromatic carbocycles. The number of carbonyl (C=O) groups excluding carboxylic acids is 1. The predicted molar refractivity (Wildman–Crippen MR) is 127 cm³/mol. The summed E-state index contributed by atoms with van der Waals surface area (Å²) < 4.78 is 18.6. The van der Waals surface area contributed by atoms with E-state index in [0.717, 1.165) is 16.7 Å². The minimum Gasteiger partial charge on any atom is -0.463 e. The van der Waals surface area contributed by atoms with Gasteiger partial charge in [-0.3, -0.25) is 0 Å². The van der Waals surface area contributed by atoms with Crippen molar-refractivity contribution in [3.63, 3.8) is 0 Å². The van der Waals surface area contributed by atoms with Crippen LogP contribution in [0.4, 0.5) is 0 Å². The molecule has 4 heteroatoms. The molecule has 1 saturated heterocycles. The van der Waals surface area contributed by atoms with Gasteiger partial charge in [-0.1, -0.05) is 112 Å². The lowest BCUT2D eigenvalue weighted by molar-refractivity contribution is -0.155. The summed E-state index contributed by atoms with van der Waals surface area (Å²) in [4.78, 5) is 13.7. The van der Waals surface area contributed by atoms with Crippen molar-refractivity contribution >= 4 is 5.97 Å². The zero-order valence-corrected chi connectivity index (χ0v) is 18.9. The van der Waals surface area contributed by atoms with Gasteiger partial charge >= 0.3 is 5.97 Å². The van der Waals surface area contributed by atoms with Crippen molar-refractivity contribution < 1.29 is 18.7 Å². The number of esters is 1. The molecule has 166 valence electrons. The van der Waals surface area contributed by atoms with E-state index in [0.29, 0.717) is 16.9 Å². The molecule has 4 aromatic rings. The van der Waals surface area contributed by atoms with Crippen molar-refractivity contribution in [2.45, 2.75) is 32.7 Å². The maximum absolute atomic E-state index is 13.7. The van der Waals surface area contributed by atoms with Crippen LogP contribution in [0.5, 0.6) is 0 Å². The molecule has 1 fully saturated rings. The van der Waals surface area contributed by atoms with Gasteiger partial charge in [-0.05, 0) is 11.1 Å². The average molecular weight is 439 g/mol. The largest absolute Gasteiger partial charge is 0.463 e. The Morgan fingerprint density at radius 3 is 1.85 bits per heavy atom. The van der Waals surface area contributed by atoms with E-state index < -0.39 is 23.3 Å². The van der Waals surface area contributed by atoms with Gasteiger partial charge in [0.2, 0.25) is 11.9 Å². The van der Waals surface area contributed by atoms with Gasteiger partial charge in [0.1, 0.15) is 5.76 Å². The van der Waals surface area contributed by atoms with Crippen LogP contribution in [-0.2, 0) is 19.9 Å². The molecular weight excluding hydrogens is 412 g/mol. The first kappa shape index (κ1) is 21.2. The van der Waals surface area contributed by atoms with Crippen molar-refractivity contribution in [2.75, 3.05) is 0 Å². The second-order valence-electron chi connectivity index (χ2n) is 9.35. The van der Waals surface area contributed by atoms with Crippen LogP contribution < -0.4 is 0 Å². The Bertz CT molecular complexity index is 1250. The third-order valence-corrected chi connectivity index (χ3v) is 5.94. The van der Waals surface area contributed by atoms with Gasteiger partial charge in [0.05, 0.1) is 6.26 Å². The number of rotatable bonds is 4. The molecule has 0 saturated carbocycles. The van der Waals surface area contributed by atoms with E-state index in [2.05, 4.69) is 0 Å². The Morgan fingerprint density at radius 2 is 1.30 bits per heavy atom. The zero-order valence-electron chi connectivity index (χ0n) is 18.9. The molecule has 4 nitrogen and oxygen atoms in total. The van der Waals surface area contributed by atoms with Crippen molar-refractivity contribution in [1.29, 1.82) is 0 Å². The van der Waals surface area contributed by atoms with Gasteiger partial charge < -0.3 is 13.9 Å². The Kier molecular flexibility index (Phi) is 5.18. The normalized spacial score (nSPS) is 20.6. The molecule has 2 atom stereocenters. The van der Waals surface area contributed by atoms with Crippen molar-refractivity contribution in [1.82, 2.24) is 0 Å². The monoisotopic (exact) mass is 438 g/mol. The number of ether oxygens (including phenoxy) is 2. The Hall–Kier alpha value is -3.63. The molecule has 0 N–H and O–H groups in total. The highest BCUT2D eigenvalue weighted by molar-refractivity contribution is 5.93. The van der Waals surface area contributed by atoms with E-state index >= 15 is 0 Å². The number of cyclic esters (lactones) is 1. The van der Waals surface area contributed by atoms with Crippen molar-refractivity contribution in [3.05, 3.63) is 108 Å². The molecular formula is C29H26O4. The van der Waals surface area contributed by atoms with Crippen LogP contribution in [0.15, 0.2) is 102 Å². The topological polar surface area (TPSA) is 48.7 Å². The van der Waals surface area contributed by atoms with Crippen LogP contribution in [0.1, 0.15) is 31.9 Å². The van der Waals surface area contributed by atoms with Crippen LogP contribution in [0, 0.1) is 5.41 Å². The van der Waals surface area contributed by atoms with E-state index in [1.54, 1.807) is 6.26 Å². The molecule has 1 aliphatic heterocycles. The molecule has 0 aliphatic carbocycles. The maximum atomic E-state index is 13.7. The number of benzene rings is 3. The van der Waals surface area contributed by atoms with E-state index in [1.165, 1.54) is 0 Å². The van der Waals surface area contributed by atoms with Gasteiger partial charge in [-0.25, -0.2) is 4.79 Å². The van der Waals surface area contributed by atoms with Crippen LogP contribution in [-0.4, -0.2) is 12.3 Å².